The number of hydrogen-bond donors (Lipinski definition) is 1. The van der Waals surface area contributed by atoms with E-state index in [1.165, 1.54) is 16.8 Å². The van der Waals surface area contributed by atoms with E-state index < -0.39 is 17.6 Å². The van der Waals surface area contributed by atoms with Gasteiger partial charge in [0, 0.05) is 12.6 Å². The van der Waals surface area contributed by atoms with Gasteiger partial charge >= 0.3 is 6.18 Å². The molecule has 1 amide bonds. The van der Waals surface area contributed by atoms with Crippen LogP contribution in [0.2, 0.25) is 0 Å². The van der Waals surface area contributed by atoms with Crippen LogP contribution in [-0.4, -0.2) is 34.6 Å². The minimum atomic E-state index is -4.36. The van der Waals surface area contributed by atoms with E-state index in [1.54, 1.807) is 32.2 Å². The van der Waals surface area contributed by atoms with Gasteiger partial charge in [-0.3, -0.25) is 4.79 Å². The molecule has 152 valence electrons. The van der Waals surface area contributed by atoms with Crippen LogP contribution in [0.15, 0.2) is 48.5 Å². The van der Waals surface area contributed by atoms with Crippen LogP contribution in [0.1, 0.15) is 27.3 Å². The number of amides is 1. The summed E-state index contributed by atoms with van der Waals surface area (Å²) in [6.07, 6.45) is -3.97. The highest BCUT2D eigenvalue weighted by atomic mass is 19.4. The van der Waals surface area contributed by atoms with E-state index in [2.05, 4.69) is 15.6 Å². The van der Waals surface area contributed by atoms with Crippen molar-refractivity contribution >= 4 is 5.91 Å². The highest BCUT2D eigenvalue weighted by Gasteiger charge is 2.29. The van der Waals surface area contributed by atoms with Gasteiger partial charge in [-0.1, -0.05) is 23.4 Å². The molecule has 29 heavy (non-hydrogen) atoms. The van der Waals surface area contributed by atoms with E-state index in [9.17, 15) is 18.0 Å². The minimum absolute atomic E-state index is 0.181. The van der Waals surface area contributed by atoms with Gasteiger partial charge < -0.3 is 10.1 Å². The average molecular weight is 404 g/mol. The molecule has 0 atom stereocenters. The third-order valence-corrected chi connectivity index (χ3v) is 4.39. The molecule has 0 aliphatic carbocycles. The third kappa shape index (κ3) is 4.74. The standard InChI is InChI=1S/C20H19F3N4O2/c1-13-18(25-26-27(13)16-4-3-5-17(12-16)29-2)19(28)24-11-10-14-6-8-15(9-7-14)20(21,22)23/h3-9,12H,10-11H2,1-2H3,(H,24,28). The van der Waals surface area contributed by atoms with Crippen LogP contribution in [0.25, 0.3) is 5.69 Å². The van der Waals surface area contributed by atoms with Gasteiger partial charge in [-0.25, -0.2) is 4.68 Å². The van der Waals surface area contributed by atoms with Crippen molar-refractivity contribution < 1.29 is 22.7 Å². The van der Waals surface area contributed by atoms with E-state index in [0.717, 1.165) is 12.1 Å². The van der Waals surface area contributed by atoms with E-state index in [1.807, 2.05) is 6.07 Å². The van der Waals surface area contributed by atoms with Crippen LogP contribution in [-0.2, 0) is 12.6 Å². The Morgan fingerprint density at radius 1 is 1.17 bits per heavy atom. The van der Waals surface area contributed by atoms with Crippen LogP contribution in [0.4, 0.5) is 13.2 Å². The zero-order valence-electron chi connectivity index (χ0n) is 15.8. The number of aromatic nitrogens is 3. The largest absolute Gasteiger partial charge is 0.497 e. The van der Waals surface area contributed by atoms with Gasteiger partial charge in [0.2, 0.25) is 0 Å². The molecule has 0 aliphatic heterocycles. The molecule has 3 aromatic rings. The van der Waals surface area contributed by atoms with Crippen LogP contribution in [0.3, 0.4) is 0 Å². The van der Waals surface area contributed by atoms with Gasteiger partial charge in [0.25, 0.3) is 5.91 Å². The molecular formula is C20H19F3N4O2. The number of carbonyl (C=O) groups is 1. The molecule has 0 aliphatic rings. The first-order valence-corrected chi connectivity index (χ1v) is 8.80. The molecule has 0 fully saturated rings. The second-order valence-electron chi connectivity index (χ2n) is 6.34. The van der Waals surface area contributed by atoms with Crippen LogP contribution in [0, 0.1) is 6.92 Å². The van der Waals surface area contributed by atoms with Crippen molar-refractivity contribution in [2.75, 3.05) is 13.7 Å². The monoisotopic (exact) mass is 404 g/mol. The number of halogens is 3. The van der Waals surface area contributed by atoms with Crippen molar-refractivity contribution in [1.82, 2.24) is 20.3 Å². The predicted octanol–water partition coefficient (Wildman–Crippen LogP) is 3.58. The fraction of sp³-hybridized carbons (Fsp3) is 0.250. The number of nitrogens with zero attached hydrogens (tertiary/aromatic N) is 3. The van der Waals surface area contributed by atoms with Gasteiger partial charge in [-0.15, -0.1) is 5.10 Å². The smallest absolute Gasteiger partial charge is 0.416 e. The second kappa shape index (κ2) is 8.34. The molecule has 2 aromatic carbocycles. The minimum Gasteiger partial charge on any atom is -0.497 e. The highest BCUT2D eigenvalue weighted by Crippen LogP contribution is 2.29. The average Bonchev–Trinajstić information content (AvgIpc) is 3.09. The molecular weight excluding hydrogens is 385 g/mol. The van der Waals surface area contributed by atoms with E-state index >= 15 is 0 Å². The van der Waals surface area contributed by atoms with Crippen molar-refractivity contribution in [3.05, 3.63) is 71.0 Å². The number of hydrogen-bond acceptors (Lipinski definition) is 4. The third-order valence-electron chi connectivity index (χ3n) is 4.39. The maximum absolute atomic E-state index is 12.6. The van der Waals surface area contributed by atoms with Crippen LogP contribution in [0.5, 0.6) is 5.75 Å². The topological polar surface area (TPSA) is 69.0 Å². The Morgan fingerprint density at radius 3 is 2.55 bits per heavy atom. The Morgan fingerprint density at radius 2 is 1.90 bits per heavy atom. The maximum Gasteiger partial charge on any atom is 0.416 e. The first-order chi connectivity index (χ1) is 13.8. The summed E-state index contributed by atoms with van der Waals surface area (Å²) in [5.41, 5.74) is 1.44. The second-order valence-corrected chi connectivity index (χ2v) is 6.34. The van der Waals surface area contributed by atoms with Gasteiger partial charge in [-0.05, 0) is 43.2 Å². The molecule has 0 radical (unpaired) electrons. The number of carbonyl (C=O) groups excluding carboxylic acids is 1. The molecule has 1 N–H and O–H groups in total. The summed E-state index contributed by atoms with van der Waals surface area (Å²) in [6.45, 7) is 1.99. The number of benzene rings is 2. The van der Waals surface area contributed by atoms with Gasteiger partial charge in [0.1, 0.15) is 5.75 Å². The van der Waals surface area contributed by atoms with Gasteiger partial charge in [-0.2, -0.15) is 13.2 Å². The van der Waals surface area contributed by atoms with E-state index in [0.29, 0.717) is 29.1 Å². The SMILES string of the molecule is COc1cccc(-n2nnc(C(=O)NCCc3ccc(C(F)(F)F)cc3)c2C)c1. The van der Waals surface area contributed by atoms with Crippen LogP contribution < -0.4 is 10.1 Å². The Balaban J connectivity index is 1.62. The van der Waals surface area contributed by atoms with Crippen molar-refractivity contribution in [3.63, 3.8) is 0 Å². The number of methoxy groups -OCH3 is 1. The molecule has 6 nitrogen and oxygen atoms in total. The molecule has 1 heterocycles. The highest BCUT2D eigenvalue weighted by molar-refractivity contribution is 5.93. The lowest BCUT2D eigenvalue weighted by Gasteiger charge is -2.08. The Bertz CT molecular complexity index is 998. The summed E-state index contributed by atoms with van der Waals surface area (Å²) in [5.74, 6) is 0.253. The summed E-state index contributed by atoms with van der Waals surface area (Å²) >= 11 is 0. The van der Waals surface area contributed by atoms with Crippen molar-refractivity contribution in [2.24, 2.45) is 0 Å². The number of alkyl halides is 3. The fourth-order valence-electron chi connectivity index (χ4n) is 2.79. The Kier molecular flexibility index (Phi) is 5.86. The first kappa shape index (κ1) is 20.4. The normalized spacial score (nSPS) is 11.3. The van der Waals surface area contributed by atoms with Crippen molar-refractivity contribution in [1.29, 1.82) is 0 Å². The molecule has 3 rings (SSSR count). The number of rotatable bonds is 6. The first-order valence-electron chi connectivity index (χ1n) is 8.80. The quantitative estimate of drug-likeness (QED) is 0.682. The molecule has 0 bridgehead atoms. The van der Waals surface area contributed by atoms with Gasteiger partial charge in [0.15, 0.2) is 5.69 Å². The molecule has 0 spiro atoms. The summed E-state index contributed by atoms with van der Waals surface area (Å²) < 4.78 is 44.5. The Labute approximate surface area is 165 Å². The van der Waals surface area contributed by atoms with Gasteiger partial charge in [0.05, 0.1) is 24.1 Å². The molecule has 9 heteroatoms. The van der Waals surface area contributed by atoms with E-state index in [4.69, 9.17) is 4.74 Å². The molecule has 0 saturated carbocycles. The molecule has 0 saturated heterocycles. The van der Waals surface area contributed by atoms with Crippen LogP contribution >= 0.6 is 0 Å². The number of ether oxygens (including phenoxy) is 1. The molecule has 0 unspecified atom stereocenters. The predicted molar refractivity (Wildman–Crippen MR) is 100 cm³/mol. The summed E-state index contributed by atoms with van der Waals surface area (Å²) in [5, 5.41) is 10.7. The lowest BCUT2D eigenvalue weighted by atomic mass is 10.1. The van der Waals surface area contributed by atoms with Crippen molar-refractivity contribution in [3.8, 4) is 11.4 Å². The Hall–Kier alpha value is -3.36. The molecule has 1 aromatic heterocycles. The summed E-state index contributed by atoms with van der Waals surface area (Å²) in [7, 11) is 1.56. The lowest BCUT2D eigenvalue weighted by molar-refractivity contribution is -0.137. The lowest BCUT2D eigenvalue weighted by Crippen LogP contribution is -2.26. The zero-order valence-corrected chi connectivity index (χ0v) is 15.8. The maximum atomic E-state index is 12.6. The fourth-order valence-corrected chi connectivity index (χ4v) is 2.79. The van der Waals surface area contributed by atoms with Crippen molar-refractivity contribution in [2.45, 2.75) is 19.5 Å². The zero-order chi connectivity index (χ0) is 21.0. The summed E-state index contributed by atoms with van der Waals surface area (Å²) in [6, 6.07) is 12.1. The van der Waals surface area contributed by atoms with E-state index in [-0.39, 0.29) is 12.2 Å². The number of nitrogens with one attached hydrogen (secondary N) is 1. The summed E-state index contributed by atoms with van der Waals surface area (Å²) in [4.78, 5) is 12.4.